The van der Waals surface area contributed by atoms with Crippen LogP contribution in [0.3, 0.4) is 0 Å². The fourth-order valence-corrected chi connectivity index (χ4v) is 7.50. The zero-order valence-corrected chi connectivity index (χ0v) is 29.4. The average Bonchev–Trinajstić information content (AvgIpc) is 3.63. The van der Waals surface area contributed by atoms with E-state index < -0.39 is 0 Å². The van der Waals surface area contributed by atoms with Crippen molar-refractivity contribution in [1.82, 2.24) is 15.0 Å². The summed E-state index contributed by atoms with van der Waals surface area (Å²) in [6.45, 7) is 0. The molecule has 0 N–H and O–H groups in total. The van der Waals surface area contributed by atoms with Gasteiger partial charge in [0.05, 0.1) is 0 Å². The van der Waals surface area contributed by atoms with Gasteiger partial charge < -0.3 is 4.42 Å². The first-order chi connectivity index (χ1) is 26.7. The lowest BCUT2D eigenvalue weighted by atomic mass is 9.96. The second-order valence-corrected chi connectivity index (χ2v) is 13.6. The number of nitrogens with zero attached hydrogens (tertiary/aromatic N) is 3. The minimum atomic E-state index is 0.511. The van der Waals surface area contributed by atoms with E-state index >= 15 is 0 Å². The summed E-state index contributed by atoms with van der Waals surface area (Å²) in [4.78, 5) is 15.3. The third kappa shape index (κ3) is 5.90. The summed E-state index contributed by atoms with van der Waals surface area (Å²) < 4.78 is 6.44. The Kier molecular flexibility index (Phi) is 7.85. The Bertz CT molecular complexity index is 2830. The molecule has 0 unspecified atom stereocenters. The molecule has 2 heterocycles. The predicted octanol–water partition coefficient (Wildman–Crippen LogP) is 12.8. The topological polar surface area (TPSA) is 51.8 Å². The maximum absolute atomic E-state index is 6.44. The highest BCUT2D eigenvalue weighted by Gasteiger charge is 2.17. The smallest absolute Gasteiger partial charge is 0.163 e. The minimum absolute atomic E-state index is 0.511. The molecule has 4 heteroatoms. The van der Waals surface area contributed by atoms with Crippen molar-refractivity contribution in [3.05, 3.63) is 199 Å². The molecule has 254 valence electrons. The Morgan fingerprint density at radius 2 is 0.907 bits per heavy atom. The standard InChI is InChI=1S/C50H33N3O/c1-3-11-33(12-4-1)35-21-25-38(26-22-35)49-51-47(52-50(53-49)39-27-23-36(24-28-39)34-13-5-2-6-14-34)32-41-17-10-20-46-48(41)44-31-40(29-30-45(44)54-46)43-19-9-16-37-15-7-8-18-42(37)43/h1-31H,32H2. The van der Waals surface area contributed by atoms with Crippen LogP contribution in [0.15, 0.2) is 192 Å². The van der Waals surface area contributed by atoms with Crippen LogP contribution in [-0.2, 0) is 6.42 Å². The number of hydrogen-bond acceptors (Lipinski definition) is 4. The van der Waals surface area contributed by atoms with Gasteiger partial charge in [-0.2, -0.15) is 0 Å². The summed E-state index contributed by atoms with van der Waals surface area (Å²) in [6, 6.07) is 65.5. The van der Waals surface area contributed by atoms with Crippen LogP contribution in [0.25, 0.3) is 88.9 Å². The van der Waals surface area contributed by atoms with Crippen LogP contribution in [0.1, 0.15) is 11.4 Å². The summed E-state index contributed by atoms with van der Waals surface area (Å²) in [5.74, 6) is 1.98. The monoisotopic (exact) mass is 691 g/mol. The molecule has 0 radical (unpaired) electrons. The first-order valence-electron chi connectivity index (χ1n) is 18.2. The molecule has 8 aromatic carbocycles. The molecule has 0 amide bonds. The Balaban J connectivity index is 1.08. The minimum Gasteiger partial charge on any atom is -0.456 e. The fraction of sp³-hybridized carbons (Fsp3) is 0.0200. The van der Waals surface area contributed by atoms with E-state index in [-0.39, 0.29) is 0 Å². The summed E-state index contributed by atoms with van der Waals surface area (Å²) >= 11 is 0. The highest BCUT2D eigenvalue weighted by molar-refractivity contribution is 6.09. The number of aromatic nitrogens is 3. The van der Waals surface area contributed by atoms with Crippen molar-refractivity contribution < 1.29 is 4.42 Å². The maximum atomic E-state index is 6.44. The third-order valence-electron chi connectivity index (χ3n) is 10.2. The molecule has 0 aliphatic carbocycles. The van der Waals surface area contributed by atoms with Crippen LogP contribution in [-0.4, -0.2) is 15.0 Å². The van der Waals surface area contributed by atoms with Crippen molar-refractivity contribution in [3.63, 3.8) is 0 Å². The second kappa shape index (κ2) is 13.4. The molecule has 0 atom stereocenters. The van der Waals surface area contributed by atoms with Gasteiger partial charge in [-0.3, -0.25) is 0 Å². The molecule has 4 nitrogen and oxygen atoms in total. The van der Waals surface area contributed by atoms with Crippen molar-refractivity contribution in [2.24, 2.45) is 0 Å². The van der Waals surface area contributed by atoms with Crippen molar-refractivity contribution in [1.29, 1.82) is 0 Å². The van der Waals surface area contributed by atoms with Crippen molar-refractivity contribution in [3.8, 4) is 56.2 Å². The molecule has 0 saturated heterocycles. The number of benzene rings is 8. The van der Waals surface area contributed by atoms with Gasteiger partial charge in [0.1, 0.15) is 17.0 Å². The average molecular weight is 692 g/mol. The fourth-order valence-electron chi connectivity index (χ4n) is 7.50. The van der Waals surface area contributed by atoms with Crippen molar-refractivity contribution in [2.45, 2.75) is 6.42 Å². The summed E-state index contributed by atoms with van der Waals surface area (Å²) in [5.41, 5.74) is 11.7. The van der Waals surface area contributed by atoms with E-state index in [4.69, 9.17) is 19.4 Å². The van der Waals surface area contributed by atoms with E-state index in [1.165, 1.54) is 27.5 Å². The van der Waals surface area contributed by atoms with Crippen LogP contribution in [0, 0.1) is 0 Å². The number of rotatable bonds is 7. The SMILES string of the molecule is c1ccc(-c2ccc(-c3nc(Cc4cccc5oc6ccc(-c7cccc8ccccc78)cc6c45)nc(-c4ccc(-c5ccccc5)cc4)n3)cc2)cc1. The third-order valence-corrected chi connectivity index (χ3v) is 10.2. The van der Waals surface area contributed by atoms with Crippen molar-refractivity contribution >= 4 is 32.7 Å². The highest BCUT2D eigenvalue weighted by Crippen LogP contribution is 2.37. The molecule has 54 heavy (non-hydrogen) atoms. The first-order valence-corrected chi connectivity index (χ1v) is 18.2. The molecule has 0 spiro atoms. The van der Waals surface area contributed by atoms with Gasteiger partial charge in [-0.1, -0.05) is 170 Å². The Labute approximate surface area is 313 Å². The van der Waals surface area contributed by atoms with E-state index in [0.717, 1.165) is 55.3 Å². The molecule has 0 aliphatic heterocycles. The van der Waals surface area contributed by atoms with Crippen LogP contribution in [0.4, 0.5) is 0 Å². The number of hydrogen-bond donors (Lipinski definition) is 0. The van der Waals surface area contributed by atoms with E-state index in [1.54, 1.807) is 0 Å². The Morgan fingerprint density at radius 3 is 1.57 bits per heavy atom. The van der Waals surface area contributed by atoms with Crippen molar-refractivity contribution in [2.75, 3.05) is 0 Å². The zero-order chi connectivity index (χ0) is 35.8. The molecule has 2 aromatic heterocycles. The van der Waals surface area contributed by atoms with Gasteiger partial charge in [0.2, 0.25) is 0 Å². The lowest BCUT2D eigenvalue weighted by Gasteiger charge is -2.10. The summed E-state index contributed by atoms with van der Waals surface area (Å²) in [6.07, 6.45) is 0.511. The van der Waals surface area contributed by atoms with E-state index in [1.807, 2.05) is 18.2 Å². The van der Waals surface area contributed by atoms with Gasteiger partial charge in [0.15, 0.2) is 11.6 Å². The lowest BCUT2D eigenvalue weighted by molar-refractivity contribution is 0.668. The maximum Gasteiger partial charge on any atom is 0.163 e. The van der Waals surface area contributed by atoms with E-state index in [2.05, 4.69) is 170 Å². The molecule has 10 aromatic rings. The Morgan fingerprint density at radius 1 is 0.370 bits per heavy atom. The lowest BCUT2D eigenvalue weighted by Crippen LogP contribution is -2.04. The predicted molar refractivity (Wildman–Crippen MR) is 221 cm³/mol. The first kappa shape index (κ1) is 31.6. The zero-order valence-electron chi connectivity index (χ0n) is 29.4. The van der Waals surface area contributed by atoms with Crippen LogP contribution < -0.4 is 0 Å². The largest absolute Gasteiger partial charge is 0.456 e. The quantitative estimate of drug-likeness (QED) is 0.167. The van der Waals surface area contributed by atoms with Gasteiger partial charge in [0, 0.05) is 28.3 Å². The molecule has 10 rings (SSSR count). The van der Waals surface area contributed by atoms with E-state index in [9.17, 15) is 0 Å². The van der Waals surface area contributed by atoms with Crippen LogP contribution >= 0.6 is 0 Å². The number of furan rings is 1. The molecule has 0 bridgehead atoms. The summed E-state index contributed by atoms with van der Waals surface area (Å²) in [7, 11) is 0. The number of fused-ring (bicyclic) bond motifs is 4. The van der Waals surface area contributed by atoms with Gasteiger partial charge in [-0.05, 0) is 67.9 Å². The van der Waals surface area contributed by atoms with Gasteiger partial charge >= 0.3 is 0 Å². The van der Waals surface area contributed by atoms with Gasteiger partial charge in [-0.15, -0.1) is 0 Å². The summed E-state index contributed by atoms with van der Waals surface area (Å²) in [5, 5.41) is 4.61. The van der Waals surface area contributed by atoms with E-state index in [0.29, 0.717) is 23.9 Å². The highest BCUT2D eigenvalue weighted by atomic mass is 16.3. The van der Waals surface area contributed by atoms with Crippen LogP contribution in [0.5, 0.6) is 0 Å². The van der Waals surface area contributed by atoms with Gasteiger partial charge in [-0.25, -0.2) is 15.0 Å². The molecule has 0 aliphatic rings. The van der Waals surface area contributed by atoms with Gasteiger partial charge in [0.25, 0.3) is 0 Å². The molecule has 0 fully saturated rings. The van der Waals surface area contributed by atoms with Crippen LogP contribution in [0.2, 0.25) is 0 Å². The Hall–Kier alpha value is -7.17. The molecular weight excluding hydrogens is 659 g/mol. The molecular formula is C50H33N3O. The normalized spacial score (nSPS) is 11.4. The molecule has 0 saturated carbocycles. The second-order valence-electron chi connectivity index (χ2n) is 13.6.